The Balaban J connectivity index is 1.94. The summed E-state index contributed by atoms with van der Waals surface area (Å²) in [5, 5.41) is 12.9. The van der Waals surface area contributed by atoms with Crippen LogP contribution in [0.1, 0.15) is 30.8 Å². The molecule has 0 aliphatic heterocycles. The van der Waals surface area contributed by atoms with E-state index in [2.05, 4.69) is 16.7 Å². The summed E-state index contributed by atoms with van der Waals surface area (Å²) < 4.78 is 47.3. The van der Waals surface area contributed by atoms with Crippen LogP contribution in [0.4, 0.5) is 13.2 Å². The summed E-state index contributed by atoms with van der Waals surface area (Å²) in [5.74, 6) is -0.818. The first-order chi connectivity index (χ1) is 17.4. The predicted octanol–water partition coefficient (Wildman–Crippen LogP) is 6.65. The standard InChI is InChI=1S/C28H28F3N3O3/c1-6-20(12-11-17(2)19(4)34(5)16-25(35)36)26-32-27(37-33-26)21-13-14-23(24(15-21)28(29,30)31)22-10-8-7-9-18(22)3/h6-15,19H,1,16H2,2-5H3,(H,35,36). The number of benzene rings is 2. The van der Waals surface area contributed by atoms with Gasteiger partial charge in [0.05, 0.1) is 12.1 Å². The minimum Gasteiger partial charge on any atom is -0.480 e. The lowest BCUT2D eigenvalue weighted by atomic mass is 9.94. The molecule has 0 aliphatic carbocycles. The highest BCUT2D eigenvalue weighted by Crippen LogP contribution is 2.40. The van der Waals surface area contributed by atoms with Crippen molar-refractivity contribution in [2.24, 2.45) is 0 Å². The van der Waals surface area contributed by atoms with Gasteiger partial charge < -0.3 is 9.63 Å². The van der Waals surface area contributed by atoms with E-state index in [0.29, 0.717) is 11.1 Å². The zero-order valence-electron chi connectivity index (χ0n) is 21.0. The fourth-order valence-corrected chi connectivity index (χ4v) is 3.77. The molecule has 1 unspecified atom stereocenters. The van der Waals surface area contributed by atoms with E-state index < -0.39 is 17.7 Å². The van der Waals surface area contributed by atoms with Crippen molar-refractivity contribution < 1.29 is 27.6 Å². The van der Waals surface area contributed by atoms with Gasteiger partial charge in [0.25, 0.3) is 5.89 Å². The summed E-state index contributed by atoms with van der Waals surface area (Å²) in [6.07, 6.45) is 0.404. The van der Waals surface area contributed by atoms with E-state index in [4.69, 9.17) is 9.63 Å². The SMILES string of the molecule is C=CC(=CC=C(C)C(C)N(C)CC(=O)O)c1noc(-c2ccc(-c3ccccc3C)c(C(F)(F)F)c2)n1. The van der Waals surface area contributed by atoms with Crippen LogP contribution in [0.5, 0.6) is 0 Å². The number of halogens is 3. The second-order valence-electron chi connectivity index (χ2n) is 8.72. The number of likely N-dealkylation sites (N-methyl/N-ethyl adjacent to an activating group) is 1. The first kappa shape index (κ1) is 27.6. The van der Waals surface area contributed by atoms with Gasteiger partial charge in [0.1, 0.15) is 0 Å². The molecule has 3 rings (SSSR count). The third kappa shape index (κ3) is 6.62. The molecule has 9 heteroatoms. The molecule has 1 aromatic heterocycles. The molecule has 1 N–H and O–H groups in total. The van der Waals surface area contributed by atoms with Crippen LogP contribution in [-0.4, -0.2) is 45.8 Å². The molecule has 0 aliphatic rings. The summed E-state index contributed by atoms with van der Waals surface area (Å²) in [7, 11) is 1.71. The first-order valence-electron chi connectivity index (χ1n) is 11.5. The number of rotatable bonds is 9. The molecule has 0 saturated carbocycles. The number of alkyl halides is 3. The molecule has 0 spiro atoms. The van der Waals surface area contributed by atoms with Crippen LogP contribution in [0.25, 0.3) is 28.2 Å². The highest BCUT2D eigenvalue weighted by molar-refractivity contribution is 5.75. The van der Waals surface area contributed by atoms with Gasteiger partial charge in [0, 0.05) is 17.2 Å². The number of nitrogens with zero attached hydrogens (tertiary/aromatic N) is 3. The normalized spacial score (nSPS) is 13.6. The van der Waals surface area contributed by atoms with Gasteiger partial charge in [-0.2, -0.15) is 18.2 Å². The highest BCUT2D eigenvalue weighted by Gasteiger charge is 2.34. The smallest absolute Gasteiger partial charge is 0.417 e. The van der Waals surface area contributed by atoms with Crippen molar-refractivity contribution in [3.8, 4) is 22.6 Å². The van der Waals surface area contributed by atoms with Gasteiger partial charge in [0.15, 0.2) is 0 Å². The van der Waals surface area contributed by atoms with Gasteiger partial charge >= 0.3 is 12.1 Å². The number of aryl methyl sites for hydroxylation is 1. The van der Waals surface area contributed by atoms with Crippen molar-refractivity contribution in [1.29, 1.82) is 0 Å². The molecule has 0 saturated heterocycles. The van der Waals surface area contributed by atoms with E-state index in [1.54, 1.807) is 55.3 Å². The third-order valence-electron chi connectivity index (χ3n) is 6.14. The fourth-order valence-electron chi connectivity index (χ4n) is 3.77. The molecule has 6 nitrogen and oxygen atoms in total. The molecule has 0 amide bonds. The van der Waals surface area contributed by atoms with E-state index in [1.165, 1.54) is 18.2 Å². The average Bonchev–Trinajstić information content (AvgIpc) is 3.33. The topological polar surface area (TPSA) is 79.5 Å². The average molecular weight is 512 g/mol. The van der Waals surface area contributed by atoms with Gasteiger partial charge in [-0.1, -0.05) is 65.9 Å². The zero-order chi connectivity index (χ0) is 27.3. The molecular formula is C28H28F3N3O3. The minimum absolute atomic E-state index is 0.0557. The Kier molecular flexibility index (Phi) is 8.49. The van der Waals surface area contributed by atoms with Gasteiger partial charge in [-0.3, -0.25) is 9.69 Å². The van der Waals surface area contributed by atoms with Gasteiger partial charge in [0.2, 0.25) is 5.82 Å². The molecule has 2 aromatic carbocycles. The van der Waals surface area contributed by atoms with E-state index in [0.717, 1.165) is 17.2 Å². The molecular weight excluding hydrogens is 483 g/mol. The molecule has 0 fully saturated rings. The van der Waals surface area contributed by atoms with Crippen LogP contribution in [0, 0.1) is 6.92 Å². The third-order valence-corrected chi connectivity index (χ3v) is 6.14. The van der Waals surface area contributed by atoms with E-state index in [-0.39, 0.29) is 35.4 Å². The number of carbonyl (C=O) groups is 1. The van der Waals surface area contributed by atoms with Gasteiger partial charge in [-0.25, -0.2) is 0 Å². The lowest BCUT2D eigenvalue weighted by Crippen LogP contribution is -2.34. The van der Waals surface area contributed by atoms with E-state index >= 15 is 0 Å². The number of aliphatic carboxylic acids is 1. The van der Waals surface area contributed by atoms with E-state index in [1.807, 2.05) is 13.8 Å². The van der Waals surface area contributed by atoms with E-state index in [9.17, 15) is 18.0 Å². The van der Waals surface area contributed by atoms with Crippen molar-refractivity contribution >= 4 is 11.5 Å². The highest BCUT2D eigenvalue weighted by atomic mass is 19.4. The molecule has 1 heterocycles. The number of hydrogen-bond acceptors (Lipinski definition) is 5. The van der Waals surface area contributed by atoms with Crippen LogP contribution in [-0.2, 0) is 11.0 Å². The van der Waals surface area contributed by atoms with Crippen LogP contribution < -0.4 is 0 Å². The predicted molar refractivity (Wildman–Crippen MR) is 137 cm³/mol. The number of carboxylic acid groups (broad SMARTS) is 1. The first-order valence-corrected chi connectivity index (χ1v) is 11.5. The number of aromatic nitrogens is 2. The summed E-state index contributed by atoms with van der Waals surface area (Å²) in [6, 6.07) is 10.7. The quantitative estimate of drug-likeness (QED) is 0.324. The molecule has 0 radical (unpaired) electrons. The number of allylic oxidation sites excluding steroid dienone is 4. The Hall–Kier alpha value is -3.98. The number of hydrogen-bond donors (Lipinski definition) is 1. The number of carboxylic acids is 1. The summed E-state index contributed by atoms with van der Waals surface area (Å²) in [6.45, 7) is 9.15. The molecule has 3 aromatic rings. The Bertz CT molecular complexity index is 1360. The van der Waals surface area contributed by atoms with Crippen LogP contribution in [0.3, 0.4) is 0 Å². The lowest BCUT2D eigenvalue weighted by molar-refractivity contribution is -0.138. The maximum absolute atomic E-state index is 14.0. The van der Waals surface area contributed by atoms with Crippen molar-refractivity contribution in [2.45, 2.75) is 33.0 Å². The van der Waals surface area contributed by atoms with Gasteiger partial charge in [-0.05, 0) is 56.6 Å². The van der Waals surface area contributed by atoms with Crippen LogP contribution >= 0.6 is 0 Å². The maximum atomic E-state index is 14.0. The maximum Gasteiger partial charge on any atom is 0.417 e. The second kappa shape index (κ2) is 11.4. The Labute approximate surface area is 213 Å². The van der Waals surface area contributed by atoms with Crippen molar-refractivity contribution in [3.63, 3.8) is 0 Å². The molecule has 37 heavy (non-hydrogen) atoms. The van der Waals surface area contributed by atoms with Crippen molar-refractivity contribution in [2.75, 3.05) is 13.6 Å². The van der Waals surface area contributed by atoms with Crippen LogP contribution in [0.15, 0.2) is 77.4 Å². The molecule has 1 atom stereocenters. The van der Waals surface area contributed by atoms with Crippen molar-refractivity contribution in [1.82, 2.24) is 15.0 Å². The molecule has 0 bridgehead atoms. The molecule has 194 valence electrons. The summed E-state index contributed by atoms with van der Waals surface area (Å²) in [4.78, 5) is 16.9. The van der Waals surface area contributed by atoms with Gasteiger partial charge in [-0.15, -0.1) is 0 Å². The summed E-state index contributed by atoms with van der Waals surface area (Å²) in [5.41, 5.74) is 2.02. The van der Waals surface area contributed by atoms with Crippen LogP contribution in [0.2, 0.25) is 0 Å². The monoisotopic (exact) mass is 511 g/mol. The minimum atomic E-state index is -4.59. The lowest BCUT2D eigenvalue weighted by Gasteiger charge is -2.23. The Morgan fingerprint density at radius 1 is 1.19 bits per heavy atom. The Morgan fingerprint density at radius 3 is 2.51 bits per heavy atom. The van der Waals surface area contributed by atoms with Crippen molar-refractivity contribution in [3.05, 3.63) is 89.8 Å². The fraction of sp³-hybridized carbons (Fsp3) is 0.250. The zero-order valence-corrected chi connectivity index (χ0v) is 21.0. The summed E-state index contributed by atoms with van der Waals surface area (Å²) >= 11 is 0. The largest absolute Gasteiger partial charge is 0.480 e. The Morgan fingerprint density at radius 2 is 1.89 bits per heavy atom. The second-order valence-corrected chi connectivity index (χ2v) is 8.72.